The second kappa shape index (κ2) is 8.84. The van der Waals surface area contributed by atoms with E-state index in [-0.39, 0.29) is 5.91 Å². The van der Waals surface area contributed by atoms with E-state index in [1.54, 1.807) is 52.5 Å². The van der Waals surface area contributed by atoms with Gasteiger partial charge in [0.1, 0.15) is 11.8 Å². The summed E-state index contributed by atoms with van der Waals surface area (Å²) in [5.41, 5.74) is 1.28. The highest BCUT2D eigenvalue weighted by molar-refractivity contribution is 5.97. The number of ether oxygens (including phenoxy) is 4. The van der Waals surface area contributed by atoms with Gasteiger partial charge in [0.25, 0.3) is 0 Å². The maximum Gasteiger partial charge on any atom is 0.246 e. The van der Waals surface area contributed by atoms with Crippen LogP contribution in [0.1, 0.15) is 6.92 Å². The number of carbonyl (C=O) groups is 1. The van der Waals surface area contributed by atoms with Crippen molar-refractivity contribution in [3.8, 4) is 23.0 Å². The summed E-state index contributed by atoms with van der Waals surface area (Å²) in [6, 6.07) is 10.2. The number of hydrogen-bond donors (Lipinski definition) is 2. The first kappa shape index (κ1) is 19.2. The topological polar surface area (TPSA) is 78.1 Å². The van der Waals surface area contributed by atoms with E-state index < -0.39 is 6.04 Å². The minimum absolute atomic E-state index is 0.205. The highest BCUT2D eigenvalue weighted by Crippen LogP contribution is 2.40. The van der Waals surface area contributed by atoms with Crippen LogP contribution in [0.15, 0.2) is 36.4 Å². The second-order valence-corrected chi connectivity index (χ2v) is 5.47. The Balaban J connectivity index is 2.16. The van der Waals surface area contributed by atoms with Crippen LogP contribution in [0.3, 0.4) is 0 Å². The van der Waals surface area contributed by atoms with Crippen LogP contribution in [0.25, 0.3) is 0 Å². The van der Waals surface area contributed by atoms with Gasteiger partial charge in [0.15, 0.2) is 11.5 Å². The number of methoxy groups -OCH3 is 4. The molecule has 2 rings (SSSR count). The lowest BCUT2D eigenvalue weighted by atomic mass is 10.2. The Bertz CT molecular complexity index is 738. The molecule has 2 aromatic carbocycles. The monoisotopic (exact) mass is 360 g/mol. The Hall–Kier alpha value is -3.09. The summed E-state index contributed by atoms with van der Waals surface area (Å²) >= 11 is 0. The van der Waals surface area contributed by atoms with Gasteiger partial charge in [-0.3, -0.25) is 4.79 Å². The molecule has 0 aliphatic carbocycles. The first-order chi connectivity index (χ1) is 12.5. The first-order valence-electron chi connectivity index (χ1n) is 8.04. The Kier molecular flexibility index (Phi) is 6.54. The lowest BCUT2D eigenvalue weighted by molar-refractivity contribution is -0.116. The fourth-order valence-corrected chi connectivity index (χ4v) is 2.47. The molecule has 0 bridgehead atoms. The summed E-state index contributed by atoms with van der Waals surface area (Å²) in [5.74, 6) is 1.90. The molecule has 0 saturated heterocycles. The van der Waals surface area contributed by atoms with Crippen molar-refractivity contribution in [3.05, 3.63) is 36.4 Å². The van der Waals surface area contributed by atoms with Crippen LogP contribution in [-0.4, -0.2) is 40.4 Å². The summed E-state index contributed by atoms with van der Waals surface area (Å²) in [5, 5.41) is 5.98. The van der Waals surface area contributed by atoms with Gasteiger partial charge in [0.2, 0.25) is 11.7 Å². The summed E-state index contributed by atoms with van der Waals surface area (Å²) in [6.45, 7) is 1.76. The molecular weight excluding hydrogens is 336 g/mol. The predicted molar refractivity (Wildman–Crippen MR) is 101 cm³/mol. The van der Waals surface area contributed by atoms with E-state index in [1.807, 2.05) is 12.1 Å². The molecule has 0 aliphatic rings. The van der Waals surface area contributed by atoms with Crippen LogP contribution in [0.4, 0.5) is 11.4 Å². The molecule has 0 radical (unpaired) electrons. The molecule has 26 heavy (non-hydrogen) atoms. The van der Waals surface area contributed by atoms with Crippen molar-refractivity contribution in [2.45, 2.75) is 13.0 Å². The van der Waals surface area contributed by atoms with Gasteiger partial charge in [0, 0.05) is 17.8 Å². The molecule has 0 unspecified atom stereocenters. The number of rotatable bonds is 8. The molecule has 0 saturated carbocycles. The van der Waals surface area contributed by atoms with Crippen molar-refractivity contribution in [2.75, 3.05) is 39.1 Å². The molecular formula is C19H24N2O5. The Morgan fingerprint density at radius 2 is 1.46 bits per heavy atom. The molecule has 2 aromatic rings. The third-order valence-electron chi connectivity index (χ3n) is 3.81. The van der Waals surface area contributed by atoms with Crippen LogP contribution in [0, 0.1) is 0 Å². The van der Waals surface area contributed by atoms with Gasteiger partial charge in [0.05, 0.1) is 34.1 Å². The van der Waals surface area contributed by atoms with Crippen molar-refractivity contribution in [3.63, 3.8) is 0 Å². The minimum Gasteiger partial charge on any atom is -0.495 e. The van der Waals surface area contributed by atoms with Crippen molar-refractivity contribution in [1.82, 2.24) is 0 Å². The first-order valence-corrected chi connectivity index (χ1v) is 8.04. The average molecular weight is 360 g/mol. The Morgan fingerprint density at radius 3 is 2.00 bits per heavy atom. The number of benzene rings is 2. The Morgan fingerprint density at radius 1 is 0.885 bits per heavy atom. The minimum atomic E-state index is -0.511. The standard InChI is InChI=1S/C19H24N2O5/c1-12(19(22)21-14-8-6-7-9-15(14)23-2)20-13-10-16(24-3)18(26-5)17(11-13)25-4/h6-12,20H,1-5H3,(H,21,22)/t12-/m1/s1. The van der Waals surface area contributed by atoms with Gasteiger partial charge in [-0.25, -0.2) is 0 Å². The number of amides is 1. The quantitative estimate of drug-likeness (QED) is 0.753. The van der Waals surface area contributed by atoms with Gasteiger partial charge < -0.3 is 29.6 Å². The number of nitrogens with one attached hydrogen (secondary N) is 2. The SMILES string of the molecule is COc1ccccc1NC(=O)[C@@H](C)Nc1cc(OC)c(OC)c(OC)c1. The maximum atomic E-state index is 12.5. The number of carbonyl (C=O) groups excluding carboxylic acids is 1. The van der Waals surface area contributed by atoms with Gasteiger partial charge in [-0.05, 0) is 19.1 Å². The maximum absolute atomic E-state index is 12.5. The van der Waals surface area contributed by atoms with Gasteiger partial charge in [-0.2, -0.15) is 0 Å². The van der Waals surface area contributed by atoms with E-state index in [0.717, 1.165) is 0 Å². The van der Waals surface area contributed by atoms with Crippen molar-refractivity contribution in [2.24, 2.45) is 0 Å². The highest BCUT2D eigenvalue weighted by atomic mass is 16.5. The second-order valence-electron chi connectivity index (χ2n) is 5.47. The molecule has 140 valence electrons. The molecule has 7 nitrogen and oxygen atoms in total. The Labute approximate surface area is 153 Å². The largest absolute Gasteiger partial charge is 0.495 e. The number of para-hydroxylation sites is 2. The summed E-state index contributed by atoms with van der Waals surface area (Å²) < 4.78 is 21.2. The summed E-state index contributed by atoms with van der Waals surface area (Å²) in [6.07, 6.45) is 0. The zero-order valence-corrected chi connectivity index (χ0v) is 15.6. The van der Waals surface area contributed by atoms with Crippen molar-refractivity contribution >= 4 is 17.3 Å². The van der Waals surface area contributed by atoms with Crippen LogP contribution >= 0.6 is 0 Å². The van der Waals surface area contributed by atoms with E-state index in [1.165, 1.54) is 7.11 Å². The fourth-order valence-electron chi connectivity index (χ4n) is 2.47. The lowest BCUT2D eigenvalue weighted by Crippen LogP contribution is -2.32. The lowest BCUT2D eigenvalue weighted by Gasteiger charge is -2.19. The van der Waals surface area contributed by atoms with Gasteiger partial charge >= 0.3 is 0 Å². The molecule has 7 heteroatoms. The zero-order chi connectivity index (χ0) is 19.1. The molecule has 2 N–H and O–H groups in total. The van der Waals surface area contributed by atoms with E-state index in [0.29, 0.717) is 34.4 Å². The van der Waals surface area contributed by atoms with Crippen LogP contribution < -0.4 is 29.6 Å². The van der Waals surface area contributed by atoms with Crippen LogP contribution in [0.2, 0.25) is 0 Å². The fraction of sp³-hybridized carbons (Fsp3) is 0.316. The third kappa shape index (κ3) is 4.30. The summed E-state index contributed by atoms with van der Waals surface area (Å²) in [7, 11) is 6.18. The number of anilines is 2. The molecule has 0 aromatic heterocycles. The van der Waals surface area contributed by atoms with E-state index in [2.05, 4.69) is 10.6 Å². The van der Waals surface area contributed by atoms with E-state index >= 15 is 0 Å². The van der Waals surface area contributed by atoms with Gasteiger partial charge in [-0.1, -0.05) is 12.1 Å². The van der Waals surface area contributed by atoms with Crippen LogP contribution in [-0.2, 0) is 4.79 Å². The predicted octanol–water partition coefficient (Wildman–Crippen LogP) is 3.16. The summed E-state index contributed by atoms with van der Waals surface area (Å²) in [4.78, 5) is 12.5. The molecule has 0 aliphatic heterocycles. The number of hydrogen-bond acceptors (Lipinski definition) is 6. The van der Waals surface area contributed by atoms with Gasteiger partial charge in [-0.15, -0.1) is 0 Å². The van der Waals surface area contributed by atoms with Crippen molar-refractivity contribution in [1.29, 1.82) is 0 Å². The third-order valence-corrected chi connectivity index (χ3v) is 3.81. The van der Waals surface area contributed by atoms with Crippen molar-refractivity contribution < 1.29 is 23.7 Å². The normalized spacial score (nSPS) is 11.3. The zero-order valence-electron chi connectivity index (χ0n) is 15.6. The molecule has 1 amide bonds. The molecule has 0 spiro atoms. The average Bonchev–Trinajstić information content (AvgIpc) is 2.67. The van der Waals surface area contributed by atoms with E-state index in [9.17, 15) is 4.79 Å². The highest BCUT2D eigenvalue weighted by Gasteiger charge is 2.18. The van der Waals surface area contributed by atoms with E-state index in [4.69, 9.17) is 18.9 Å². The molecule has 0 fully saturated rings. The molecule has 1 atom stereocenters. The molecule has 0 heterocycles. The smallest absolute Gasteiger partial charge is 0.246 e. The van der Waals surface area contributed by atoms with Crippen LogP contribution in [0.5, 0.6) is 23.0 Å².